The molecule has 1 unspecified atom stereocenters. The molecule has 6 nitrogen and oxygen atoms in total. The first-order chi connectivity index (χ1) is 7.24. The summed E-state index contributed by atoms with van der Waals surface area (Å²) >= 11 is 1.42. The first-order valence-corrected chi connectivity index (χ1v) is 5.56. The van der Waals surface area contributed by atoms with E-state index in [0.29, 0.717) is 5.75 Å². The van der Waals surface area contributed by atoms with Crippen LogP contribution < -0.4 is 0 Å². The molecule has 1 aromatic heterocycles. The summed E-state index contributed by atoms with van der Waals surface area (Å²) in [6.07, 6.45) is 1.05. The average molecular weight is 233 g/mol. The number of rotatable bonds is 7. The van der Waals surface area contributed by atoms with Gasteiger partial charge in [0.1, 0.15) is 6.33 Å². The van der Waals surface area contributed by atoms with E-state index >= 15 is 0 Å². The number of thioether (sulfide) groups is 1. The van der Waals surface area contributed by atoms with E-state index in [2.05, 4.69) is 10.2 Å². The molecule has 1 heterocycles. The smallest absolute Gasteiger partial charge is 0.190 e. The van der Waals surface area contributed by atoms with Crippen LogP contribution in [0.5, 0.6) is 0 Å². The molecule has 15 heavy (non-hydrogen) atoms. The van der Waals surface area contributed by atoms with Crippen molar-refractivity contribution >= 4 is 11.8 Å². The molecule has 2 N–H and O–H groups in total. The molecule has 1 aromatic rings. The SMILES string of the molecule is Cn1cnnc1SCC(O)COCCO. The Labute approximate surface area is 92.3 Å². The third kappa shape index (κ3) is 4.61. The lowest BCUT2D eigenvalue weighted by Crippen LogP contribution is -2.19. The zero-order chi connectivity index (χ0) is 11.1. The van der Waals surface area contributed by atoms with Crippen LogP contribution in [-0.2, 0) is 11.8 Å². The number of aryl methyl sites for hydroxylation is 1. The average Bonchev–Trinajstić information content (AvgIpc) is 2.61. The summed E-state index contributed by atoms with van der Waals surface area (Å²) in [5.41, 5.74) is 0. The topological polar surface area (TPSA) is 80.4 Å². The molecule has 0 saturated carbocycles. The van der Waals surface area contributed by atoms with Crippen LogP contribution in [0.3, 0.4) is 0 Å². The zero-order valence-corrected chi connectivity index (χ0v) is 9.35. The van der Waals surface area contributed by atoms with E-state index in [9.17, 15) is 5.11 Å². The van der Waals surface area contributed by atoms with E-state index in [1.165, 1.54) is 11.8 Å². The highest BCUT2D eigenvalue weighted by Crippen LogP contribution is 2.14. The fraction of sp³-hybridized carbons (Fsp3) is 0.750. The highest BCUT2D eigenvalue weighted by Gasteiger charge is 2.08. The number of ether oxygens (including phenoxy) is 1. The predicted molar refractivity (Wildman–Crippen MR) is 55.6 cm³/mol. The van der Waals surface area contributed by atoms with Crippen LogP contribution in [0.25, 0.3) is 0 Å². The van der Waals surface area contributed by atoms with E-state index in [1.54, 1.807) is 10.9 Å². The summed E-state index contributed by atoms with van der Waals surface area (Å²) in [6.45, 7) is 0.459. The van der Waals surface area contributed by atoms with Crippen LogP contribution in [-0.4, -0.2) is 56.7 Å². The van der Waals surface area contributed by atoms with Crippen molar-refractivity contribution in [2.24, 2.45) is 7.05 Å². The third-order valence-corrected chi connectivity index (χ3v) is 2.80. The fourth-order valence-electron chi connectivity index (χ4n) is 0.906. The molecule has 0 aromatic carbocycles. The normalized spacial score (nSPS) is 13.0. The van der Waals surface area contributed by atoms with Crippen molar-refractivity contribution in [3.63, 3.8) is 0 Å². The summed E-state index contributed by atoms with van der Waals surface area (Å²) in [5.74, 6) is 0.498. The minimum absolute atomic E-state index is 0.0247. The second-order valence-corrected chi connectivity index (χ2v) is 3.97. The summed E-state index contributed by atoms with van der Waals surface area (Å²) < 4.78 is 6.77. The van der Waals surface area contributed by atoms with Gasteiger partial charge in [0.25, 0.3) is 0 Å². The van der Waals surface area contributed by atoms with Crippen molar-refractivity contribution in [1.29, 1.82) is 0 Å². The van der Waals surface area contributed by atoms with E-state index in [4.69, 9.17) is 9.84 Å². The summed E-state index contributed by atoms with van der Waals surface area (Å²) in [7, 11) is 1.84. The Bertz CT molecular complexity index is 282. The molecule has 0 aliphatic heterocycles. The maximum absolute atomic E-state index is 9.48. The maximum atomic E-state index is 9.48. The molecule has 0 saturated heterocycles. The Morgan fingerprint density at radius 1 is 1.67 bits per heavy atom. The third-order valence-electron chi connectivity index (χ3n) is 1.62. The number of aliphatic hydroxyl groups is 2. The van der Waals surface area contributed by atoms with Crippen LogP contribution in [0.4, 0.5) is 0 Å². The molecule has 0 aliphatic rings. The number of nitrogens with zero attached hydrogens (tertiary/aromatic N) is 3. The van der Waals surface area contributed by atoms with Crippen molar-refractivity contribution < 1.29 is 14.9 Å². The van der Waals surface area contributed by atoms with Crippen molar-refractivity contribution in [3.05, 3.63) is 6.33 Å². The van der Waals surface area contributed by atoms with Gasteiger partial charge in [-0.05, 0) is 0 Å². The summed E-state index contributed by atoms with van der Waals surface area (Å²) in [4.78, 5) is 0. The standard InChI is InChI=1S/C8H15N3O3S/c1-11-6-9-10-8(11)15-5-7(13)4-14-3-2-12/h6-7,12-13H,2-5H2,1H3. The Balaban J connectivity index is 2.16. The lowest BCUT2D eigenvalue weighted by Gasteiger charge is -2.09. The van der Waals surface area contributed by atoms with E-state index in [1.807, 2.05) is 7.05 Å². The Hall–Kier alpha value is -0.630. The highest BCUT2D eigenvalue weighted by molar-refractivity contribution is 7.99. The monoisotopic (exact) mass is 233 g/mol. The zero-order valence-electron chi connectivity index (χ0n) is 8.54. The first-order valence-electron chi connectivity index (χ1n) is 4.57. The second-order valence-electron chi connectivity index (χ2n) is 2.99. The predicted octanol–water partition coefficient (Wildman–Crippen LogP) is -0.723. The van der Waals surface area contributed by atoms with Crippen LogP contribution in [0.2, 0.25) is 0 Å². The maximum Gasteiger partial charge on any atom is 0.190 e. The Morgan fingerprint density at radius 3 is 3.07 bits per heavy atom. The molecular weight excluding hydrogens is 218 g/mol. The van der Waals surface area contributed by atoms with Gasteiger partial charge in [0, 0.05) is 12.8 Å². The van der Waals surface area contributed by atoms with Crippen LogP contribution in [0.15, 0.2) is 11.5 Å². The molecule has 7 heteroatoms. The van der Waals surface area contributed by atoms with Crippen molar-refractivity contribution in [1.82, 2.24) is 14.8 Å². The van der Waals surface area contributed by atoms with Gasteiger partial charge in [-0.25, -0.2) is 0 Å². The van der Waals surface area contributed by atoms with Gasteiger partial charge in [0.2, 0.25) is 0 Å². The Morgan fingerprint density at radius 2 is 2.47 bits per heavy atom. The van der Waals surface area contributed by atoms with Gasteiger partial charge in [0.05, 0.1) is 25.9 Å². The second kappa shape index (κ2) is 6.78. The first kappa shape index (κ1) is 12.4. The number of aliphatic hydroxyl groups excluding tert-OH is 2. The van der Waals surface area contributed by atoms with Gasteiger partial charge in [-0.15, -0.1) is 10.2 Å². The number of hydrogen-bond acceptors (Lipinski definition) is 6. The van der Waals surface area contributed by atoms with Gasteiger partial charge in [-0.2, -0.15) is 0 Å². The molecule has 0 spiro atoms. The highest BCUT2D eigenvalue weighted by atomic mass is 32.2. The molecule has 0 fully saturated rings. The quantitative estimate of drug-likeness (QED) is 0.478. The lowest BCUT2D eigenvalue weighted by atomic mass is 10.4. The molecule has 0 aliphatic carbocycles. The van der Waals surface area contributed by atoms with Crippen molar-refractivity contribution in [2.75, 3.05) is 25.6 Å². The number of aromatic nitrogens is 3. The van der Waals surface area contributed by atoms with Gasteiger partial charge in [0.15, 0.2) is 5.16 Å². The molecule has 1 atom stereocenters. The number of hydrogen-bond donors (Lipinski definition) is 2. The van der Waals surface area contributed by atoms with Crippen molar-refractivity contribution in [3.8, 4) is 0 Å². The Kier molecular flexibility index (Phi) is 5.62. The molecule has 86 valence electrons. The minimum atomic E-state index is -0.557. The summed E-state index contributed by atoms with van der Waals surface area (Å²) in [6, 6.07) is 0. The van der Waals surface area contributed by atoms with Crippen molar-refractivity contribution in [2.45, 2.75) is 11.3 Å². The molecular formula is C8H15N3O3S. The minimum Gasteiger partial charge on any atom is -0.394 e. The van der Waals surface area contributed by atoms with Crippen LogP contribution >= 0.6 is 11.8 Å². The van der Waals surface area contributed by atoms with E-state index < -0.39 is 6.10 Å². The van der Waals surface area contributed by atoms with Crippen LogP contribution in [0.1, 0.15) is 0 Å². The van der Waals surface area contributed by atoms with Gasteiger partial charge in [-0.3, -0.25) is 0 Å². The molecule has 0 radical (unpaired) electrons. The molecule has 1 rings (SSSR count). The van der Waals surface area contributed by atoms with E-state index in [-0.39, 0.29) is 19.8 Å². The molecule has 0 amide bonds. The summed E-state index contributed by atoms with van der Waals surface area (Å²) in [5, 5.41) is 26.3. The van der Waals surface area contributed by atoms with Gasteiger partial charge >= 0.3 is 0 Å². The lowest BCUT2D eigenvalue weighted by molar-refractivity contribution is 0.0311. The van der Waals surface area contributed by atoms with E-state index in [0.717, 1.165) is 5.16 Å². The van der Waals surface area contributed by atoms with Gasteiger partial charge < -0.3 is 19.5 Å². The molecule has 0 bridgehead atoms. The van der Waals surface area contributed by atoms with Gasteiger partial charge in [-0.1, -0.05) is 11.8 Å². The largest absolute Gasteiger partial charge is 0.394 e. The van der Waals surface area contributed by atoms with Crippen LogP contribution in [0, 0.1) is 0 Å². The fourth-order valence-corrected chi connectivity index (χ4v) is 1.70.